The molecule has 2 nitrogen and oxygen atoms in total. The number of likely N-dealkylation sites (N-methyl/N-ethyl adjacent to an activating group) is 1. The summed E-state index contributed by atoms with van der Waals surface area (Å²) in [7, 11) is 1.91. The van der Waals surface area contributed by atoms with Gasteiger partial charge in [0.25, 0.3) is 0 Å². The first-order valence-electron chi connectivity index (χ1n) is 6.99. The second kappa shape index (κ2) is 6.37. The van der Waals surface area contributed by atoms with Gasteiger partial charge in [0, 0.05) is 13.8 Å². The topological polar surface area (TPSA) is 12.2 Å². The Morgan fingerprint density at radius 3 is 2.23 bits per heavy atom. The Morgan fingerprint density at radius 2 is 1.82 bits per heavy atom. The van der Waals surface area contributed by atoms with Crippen molar-refractivity contribution in [3.05, 3.63) is 34.9 Å². The molecule has 0 unspecified atom stereocenters. The summed E-state index contributed by atoms with van der Waals surface area (Å²) in [4.78, 5) is 0. The van der Waals surface area contributed by atoms with Crippen molar-refractivity contribution in [2.45, 2.75) is 45.3 Å². The maximum atomic E-state index is 12.9. The zero-order chi connectivity index (χ0) is 16.0. The van der Waals surface area contributed by atoms with Crippen molar-refractivity contribution in [2.75, 3.05) is 13.7 Å². The van der Waals surface area contributed by atoms with Gasteiger partial charge in [-0.3, -0.25) is 0 Å². The van der Waals surface area contributed by atoms with Crippen LogP contribution in [0.25, 0.3) is 0 Å². The summed E-state index contributed by atoms with van der Waals surface area (Å²) < 4.78 is 46.4. The van der Waals surface area contributed by atoms with Gasteiger partial charge in [-0.15, -0.1) is 0 Å². The van der Waals surface area contributed by atoms with Crippen LogP contribution in [0.5, 0.6) is 0 Å². The predicted octanol–water partition coefficient (Wildman–Crippen LogP) is 1.03. The molecule has 0 bridgehead atoms. The molecule has 0 N–H and O–H groups in total. The Bertz CT molecular complexity index is 592. The number of rotatable bonds is 2. The fraction of sp³-hybridized carbons (Fsp3) is 0.562. The Balaban J connectivity index is 0.00000242. The maximum Gasteiger partial charge on any atom is 0.416 e. The molecular weight excluding hydrogens is 406 g/mol. The van der Waals surface area contributed by atoms with Gasteiger partial charge in [-0.1, -0.05) is 13.8 Å². The molecule has 1 aromatic carbocycles. The second-order valence-corrected chi connectivity index (χ2v) is 6.42. The minimum absolute atomic E-state index is 0. The Hall–Kier alpha value is -0.790. The predicted molar refractivity (Wildman–Crippen MR) is 75.9 cm³/mol. The number of halogens is 4. The molecule has 1 aliphatic rings. The van der Waals surface area contributed by atoms with Crippen LogP contribution in [0.3, 0.4) is 0 Å². The molecule has 2 rings (SSSR count). The van der Waals surface area contributed by atoms with E-state index in [1.165, 1.54) is 12.1 Å². The molecule has 0 aliphatic carbocycles. The molecule has 0 amide bonds. The molecule has 0 saturated heterocycles. The van der Waals surface area contributed by atoms with E-state index in [0.29, 0.717) is 18.1 Å². The molecule has 0 radical (unpaired) electrons. The summed E-state index contributed by atoms with van der Waals surface area (Å²) in [5.41, 5.74) is 0.623. The van der Waals surface area contributed by atoms with Gasteiger partial charge in [-0.25, -0.2) is 0 Å². The minimum atomic E-state index is -4.32. The Kier molecular flexibility index (Phi) is 5.58. The average Bonchev–Trinajstić information content (AvgIpc) is 2.62. The molecule has 1 aromatic rings. The van der Waals surface area contributed by atoms with Crippen molar-refractivity contribution in [3.63, 3.8) is 0 Å². The molecule has 0 atom stereocenters. The van der Waals surface area contributed by atoms with Gasteiger partial charge in [-0.2, -0.15) is 17.7 Å². The number of alkyl halides is 3. The molecule has 0 spiro atoms. The number of nitrogens with zero attached hydrogens (tertiary/aromatic N) is 1. The monoisotopic (exact) mass is 427 g/mol. The number of ether oxygens (including phenoxy) is 1. The number of hydrogen-bond acceptors (Lipinski definition) is 1. The van der Waals surface area contributed by atoms with Gasteiger partial charge in [0.15, 0.2) is 12.1 Å². The Morgan fingerprint density at radius 1 is 1.23 bits per heavy atom. The van der Waals surface area contributed by atoms with E-state index in [0.717, 1.165) is 11.6 Å². The van der Waals surface area contributed by atoms with E-state index in [9.17, 15) is 13.2 Å². The Labute approximate surface area is 146 Å². The quantitative estimate of drug-likeness (QED) is 0.508. The summed E-state index contributed by atoms with van der Waals surface area (Å²) in [6.07, 6.45) is -4.32. The van der Waals surface area contributed by atoms with Crippen molar-refractivity contribution in [1.82, 2.24) is 0 Å². The lowest BCUT2D eigenvalue weighted by molar-refractivity contribution is -0.562. The van der Waals surface area contributed by atoms with Gasteiger partial charge >= 0.3 is 12.1 Å². The van der Waals surface area contributed by atoms with Gasteiger partial charge in [-0.05, 0) is 29.7 Å². The molecule has 1 heterocycles. The van der Waals surface area contributed by atoms with Gasteiger partial charge in [0.2, 0.25) is 0 Å². The van der Waals surface area contributed by atoms with Gasteiger partial charge < -0.3 is 28.7 Å². The number of hydrogen-bond donors (Lipinski definition) is 0. The highest BCUT2D eigenvalue weighted by atomic mass is 127. The van der Waals surface area contributed by atoms with Crippen LogP contribution in [0.1, 0.15) is 50.3 Å². The first kappa shape index (κ1) is 19.3. The highest BCUT2D eigenvalue weighted by molar-refractivity contribution is 5.93. The van der Waals surface area contributed by atoms with Gasteiger partial charge in [0.1, 0.15) is 7.05 Å². The van der Waals surface area contributed by atoms with Crippen molar-refractivity contribution < 1.29 is 46.5 Å². The normalized spacial score (nSPS) is 17.5. The van der Waals surface area contributed by atoms with Crippen molar-refractivity contribution in [3.8, 4) is 0 Å². The smallest absolute Gasteiger partial charge is 0.416 e. The molecule has 0 aromatic heterocycles. The van der Waals surface area contributed by atoms with E-state index in [1.54, 1.807) is 0 Å². The summed E-state index contributed by atoms with van der Waals surface area (Å²) in [5.74, 6) is 0.632. The van der Waals surface area contributed by atoms with Crippen molar-refractivity contribution in [2.24, 2.45) is 0 Å². The summed E-state index contributed by atoms with van der Waals surface area (Å²) in [6.45, 7) is 8.38. The third-order valence-electron chi connectivity index (χ3n) is 4.01. The molecule has 22 heavy (non-hydrogen) atoms. The number of benzene rings is 1. The average molecular weight is 427 g/mol. The maximum absolute atomic E-state index is 12.9. The molecule has 1 aliphatic heterocycles. The standard InChI is InChI=1S/C16H21F3NO.HI/c1-10(2)13-8-11(16(17,18)19)6-7-12(13)14-20(5)15(3,4)9-21-14;/h6-8,10H,9H2,1-5H3;1H/q+1;/p-1. The van der Waals surface area contributed by atoms with Crippen molar-refractivity contribution >= 4 is 5.90 Å². The van der Waals surface area contributed by atoms with Crippen LogP contribution in [0.15, 0.2) is 18.2 Å². The van der Waals surface area contributed by atoms with Crippen molar-refractivity contribution in [1.29, 1.82) is 0 Å². The van der Waals surface area contributed by atoms with E-state index in [-0.39, 0.29) is 35.4 Å². The van der Waals surface area contributed by atoms with Crippen LogP contribution in [-0.2, 0) is 10.9 Å². The highest BCUT2D eigenvalue weighted by Crippen LogP contribution is 2.33. The first-order valence-corrected chi connectivity index (χ1v) is 6.99. The molecule has 0 fully saturated rings. The first-order chi connectivity index (χ1) is 9.54. The lowest BCUT2D eigenvalue weighted by Crippen LogP contribution is -3.00. The lowest BCUT2D eigenvalue weighted by atomic mass is 9.94. The molecule has 0 saturated carbocycles. The van der Waals surface area contributed by atoms with E-state index < -0.39 is 11.7 Å². The van der Waals surface area contributed by atoms with Crippen LogP contribution >= 0.6 is 0 Å². The third kappa shape index (κ3) is 3.58. The van der Waals surface area contributed by atoms with Crippen LogP contribution in [-0.4, -0.2) is 29.7 Å². The zero-order valence-corrected chi connectivity index (χ0v) is 15.5. The van der Waals surface area contributed by atoms with Crippen LogP contribution < -0.4 is 24.0 Å². The van der Waals surface area contributed by atoms with Crippen LogP contribution in [0, 0.1) is 0 Å². The minimum Gasteiger partial charge on any atom is -1.00 e. The van der Waals surface area contributed by atoms with Crippen LogP contribution in [0.2, 0.25) is 0 Å². The second-order valence-electron chi connectivity index (χ2n) is 6.42. The molecular formula is C16H21F3INO. The summed E-state index contributed by atoms with van der Waals surface area (Å²) in [6, 6.07) is 3.87. The molecule has 124 valence electrons. The lowest BCUT2D eigenvalue weighted by Gasteiger charge is -2.14. The third-order valence-corrected chi connectivity index (χ3v) is 4.01. The van der Waals surface area contributed by atoms with E-state index in [2.05, 4.69) is 0 Å². The fourth-order valence-electron chi connectivity index (χ4n) is 2.38. The van der Waals surface area contributed by atoms with Crippen LogP contribution in [0.4, 0.5) is 13.2 Å². The molecule has 6 heteroatoms. The fourth-order valence-corrected chi connectivity index (χ4v) is 2.38. The van der Waals surface area contributed by atoms with E-state index in [1.807, 2.05) is 39.3 Å². The van der Waals surface area contributed by atoms with E-state index >= 15 is 0 Å². The van der Waals surface area contributed by atoms with E-state index in [4.69, 9.17) is 4.74 Å². The summed E-state index contributed by atoms with van der Waals surface area (Å²) in [5, 5.41) is 0. The van der Waals surface area contributed by atoms with Gasteiger partial charge in [0.05, 0.1) is 11.1 Å². The SMILES string of the molecule is CC(C)c1cc(C(F)(F)F)ccc1C1=[N+](C)C(C)(C)CO1.[I-]. The largest absolute Gasteiger partial charge is 1.00 e. The highest BCUT2D eigenvalue weighted by Gasteiger charge is 2.41. The zero-order valence-electron chi connectivity index (χ0n) is 13.4. The summed E-state index contributed by atoms with van der Waals surface area (Å²) >= 11 is 0.